The zero-order valence-electron chi connectivity index (χ0n) is 16.9. The SMILES string of the molecule is O=C(Nc1ccc(Cl)cc1)OCCn1nnnc1C1(N2CCOCC2)CCCCC1. The van der Waals surface area contributed by atoms with Crippen molar-refractivity contribution in [1.82, 2.24) is 25.1 Å². The van der Waals surface area contributed by atoms with Gasteiger partial charge in [-0.3, -0.25) is 10.2 Å². The van der Waals surface area contributed by atoms with Crippen LogP contribution in [0.5, 0.6) is 0 Å². The van der Waals surface area contributed by atoms with E-state index in [-0.39, 0.29) is 12.1 Å². The van der Waals surface area contributed by atoms with Gasteiger partial charge in [0.05, 0.1) is 25.3 Å². The molecule has 30 heavy (non-hydrogen) atoms. The largest absolute Gasteiger partial charge is 0.447 e. The molecule has 1 aliphatic carbocycles. The molecule has 1 amide bonds. The lowest BCUT2D eigenvalue weighted by atomic mass is 9.79. The number of anilines is 1. The highest BCUT2D eigenvalue weighted by Gasteiger charge is 2.44. The maximum absolute atomic E-state index is 12.1. The number of hydrogen-bond donors (Lipinski definition) is 1. The summed E-state index contributed by atoms with van der Waals surface area (Å²) in [4.78, 5) is 14.6. The highest BCUT2D eigenvalue weighted by Crippen LogP contribution is 2.41. The minimum Gasteiger partial charge on any atom is -0.447 e. The third kappa shape index (κ3) is 4.74. The Hall–Kier alpha value is -2.23. The number of tetrazole rings is 1. The van der Waals surface area contributed by atoms with Gasteiger partial charge in [0.1, 0.15) is 6.61 Å². The molecule has 2 aliphatic rings. The van der Waals surface area contributed by atoms with E-state index in [2.05, 4.69) is 25.7 Å². The molecule has 9 nitrogen and oxygen atoms in total. The lowest BCUT2D eigenvalue weighted by molar-refractivity contribution is -0.0463. The third-order valence-corrected chi connectivity index (χ3v) is 6.12. The number of aromatic nitrogens is 4. The van der Waals surface area contributed by atoms with Crippen LogP contribution in [0.3, 0.4) is 0 Å². The number of rotatable bonds is 6. The van der Waals surface area contributed by atoms with Crippen molar-refractivity contribution in [2.45, 2.75) is 44.2 Å². The Morgan fingerprint density at radius 3 is 2.63 bits per heavy atom. The Morgan fingerprint density at radius 2 is 1.90 bits per heavy atom. The van der Waals surface area contributed by atoms with Gasteiger partial charge in [0.2, 0.25) is 0 Å². The van der Waals surface area contributed by atoms with Gasteiger partial charge in [0, 0.05) is 23.8 Å². The lowest BCUT2D eigenvalue weighted by Crippen LogP contribution is -2.53. The van der Waals surface area contributed by atoms with Crippen LogP contribution in [0, 0.1) is 0 Å². The van der Waals surface area contributed by atoms with E-state index in [0.717, 1.165) is 57.8 Å². The first-order valence-electron chi connectivity index (χ1n) is 10.5. The number of morpholine rings is 1. The Bertz CT molecular complexity index is 831. The van der Waals surface area contributed by atoms with Gasteiger partial charge in [0.25, 0.3) is 0 Å². The Kier molecular flexibility index (Phi) is 6.81. The van der Waals surface area contributed by atoms with E-state index in [1.54, 1.807) is 28.9 Å². The second-order valence-corrected chi connectivity index (χ2v) is 8.12. The fourth-order valence-electron chi connectivity index (χ4n) is 4.41. The molecule has 1 aromatic carbocycles. The second kappa shape index (κ2) is 9.72. The van der Waals surface area contributed by atoms with E-state index in [4.69, 9.17) is 21.1 Å². The van der Waals surface area contributed by atoms with E-state index in [9.17, 15) is 4.79 Å². The first-order chi connectivity index (χ1) is 14.7. The fourth-order valence-corrected chi connectivity index (χ4v) is 4.54. The zero-order chi connectivity index (χ0) is 20.8. The van der Waals surface area contributed by atoms with Crippen molar-refractivity contribution >= 4 is 23.4 Å². The molecular formula is C20H27ClN6O3. The first kappa shape index (κ1) is 21.0. The Morgan fingerprint density at radius 1 is 1.17 bits per heavy atom. The quantitative estimate of drug-likeness (QED) is 0.746. The van der Waals surface area contributed by atoms with E-state index in [0.29, 0.717) is 17.3 Å². The van der Waals surface area contributed by atoms with E-state index in [1.165, 1.54) is 6.42 Å². The van der Waals surface area contributed by atoms with Crippen LogP contribution in [-0.2, 0) is 21.6 Å². The van der Waals surface area contributed by atoms with Gasteiger partial charge in [-0.05, 0) is 47.5 Å². The molecule has 4 rings (SSSR count). The van der Waals surface area contributed by atoms with Crippen LogP contribution in [0.1, 0.15) is 37.9 Å². The average molecular weight is 435 g/mol. The minimum absolute atomic E-state index is 0.170. The smallest absolute Gasteiger partial charge is 0.411 e. The number of amides is 1. The van der Waals surface area contributed by atoms with Crippen LogP contribution in [0.2, 0.25) is 5.02 Å². The number of carbonyl (C=O) groups excluding carboxylic acids is 1. The van der Waals surface area contributed by atoms with Crippen LogP contribution in [0.4, 0.5) is 10.5 Å². The summed E-state index contributed by atoms with van der Waals surface area (Å²) in [6, 6.07) is 6.86. The minimum atomic E-state index is -0.521. The molecule has 2 heterocycles. The molecular weight excluding hydrogens is 408 g/mol. The van der Waals surface area contributed by atoms with Crippen LogP contribution in [0.15, 0.2) is 24.3 Å². The summed E-state index contributed by atoms with van der Waals surface area (Å²) >= 11 is 5.86. The van der Waals surface area contributed by atoms with Gasteiger partial charge in [-0.25, -0.2) is 9.48 Å². The summed E-state index contributed by atoms with van der Waals surface area (Å²) in [5.41, 5.74) is 0.456. The number of ether oxygens (including phenoxy) is 2. The van der Waals surface area contributed by atoms with Gasteiger partial charge < -0.3 is 9.47 Å². The van der Waals surface area contributed by atoms with E-state index >= 15 is 0 Å². The van der Waals surface area contributed by atoms with Crippen molar-refractivity contribution in [2.24, 2.45) is 0 Å². The number of hydrogen-bond acceptors (Lipinski definition) is 7. The van der Waals surface area contributed by atoms with Crippen LogP contribution in [0.25, 0.3) is 0 Å². The maximum Gasteiger partial charge on any atom is 0.411 e. The number of nitrogens with one attached hydrogen (secondary N) is 1. The standard InChI is InChI=1S/C20H27ClN6O3/c21-16-4-6-17(7-5-16)22-19(28)30-15-12-27-18(23-24-25-27)20(8-2-1-3-9-20)26-10-13-29-14-11-26/h4-7H,1-3,8-15H2,(H,22,28). The van der Waals surface area contributed by atoms with E-state index < -0.39 is 6.09 Å². The average Bonchev–Trinajstić information content (AvgIpc) is 3.26. The topological polar surface area (TPSA) is 94.4 Å². The number of halogens is 1. The van der Waals surface area contributed by atoms with Crippen LogP contribution in [-0.4, -0.2) is 64.1 Å². The molecule has 0 spiro atoms. The number of benzene rings is 1. The van der Waals surface area contributed by atoms with Gasteiger partial charge >= 0.3 is 6.09 Å². The zero-order valence-corrected chi connectivity index (χ0v) is 17.7. The highest BCUT2D eigenvalue weighted by molar-refractivity contribution is 6.30. The van der Waals surface area contributed by atoms with Gasteiger partial charge in [-0.1, -0.05) is 30.9 Å². The molecule has 2 fully saturated rings. The van der Waals surface area contributed by atoms with Crippen molar-refractivity contribution in [3.63, 3.8) is 0 Å². The van der Waals surface area contributed by atoms with Crippen molar-refractivity contribution in [2.75, 3.05) is 38.2 Å². The van der Waals surface area contributed by atoms with Gasteiger partial charge in [-0.15, -0.1) is 5.10 Å². The molecule has 0 unspecified atom stereocenters. The molecule has 2 aromatic rings. The summed E-state index contributed by atoms with van der Waals surface area (Å²) in [6.45, 7) is 3.81. The molecule has 0 bridgehead atoms. The van der Waals surface area contributed by atoms with Gasteiger partial charge in [0.15, 0.2) is 5.82 Å². The second-order valence-electron chi connectivity index (χ2n) is 7.69. The summed E-state index contributed by atoms with van der Waals surface area (Å²) in [6.07, 6.45) is 5.10. The fraction of sp³-hybridized carbons (Fsp3) is 0.600. The first-order valence-corrected chi connectivity index (χ1v) is 10.8. The van der Waals surface area contributed by atoms with Crippen molar-refractivity contribution < 1.29 is 14.3 Å². The molecule has 1 aromatic heterocycles. The summed E-state index contributed by atoms with van der Waals surface area (Å²) in [7, 11) is 0. The lowest BCUT2D eigenvalue weighted by Gasteiger charge is -2.46. The molecule has 10 heteroatoms. The van der Waals surface area contributed by atoms with Crippen LogP contribution < -0.4 is 5.32 Å². The predicted octanol–water partition coefficient (Wildman–Crippen LogP) is 3.07. The summed E-state index contributed by atoms with van der Waals surface area (Å²) in [5, 5.41) is 15.8. The molecule has 0 atom stereocenters. The van der Waals surface area contributed by atoms with Crippen molar-refractivity contribution in [1.29, 1.82) is 0 Å². The Labute approximate surface area is 180 Å². The molecule has 1 saturated heterocycles. The number of carbonyl (C=O) groups is 1. The predicted molar refractivity (Wildman–Crippen MR) is 111 cm³/mol. The third-order valence-electron chi connectivity index (χ3n) is 5.87. The van der Waals surface area contributed by atoms with Gasteiger partial charge in [-0.2, -0.15) is 0 Å². The highest BCUT2D eigenvalue weighted by atomic mass is 35.5. The maximum atomic E-state index is 12.1. The number of nitrogens with zero attached hydrogens (tertiary/aromatic N) is 5. The molecule has 0 radical (unpaired) electrons. The Balaban J connectivity index is 1.39. The van der Waals surface area contributed by atoms with Crippen molar-refractivity contribution in [3.8, 4) is 0 Å². The molecule has 1 saturated carbocycles. The normalized spacial score (nSPS) is 19.4. The van der Waals surface area contributed by atoms with Crippen LogP contribution >= 0.6 is 11.6 Å². The van der Waals surface area contributed by atoms with E-state index in [1.807, 2.05) is 0 Å². The summed E-state index contributed by atoms with van der Waals surface area (Å²) < 4.78 is 12.7. The molecule has 1 aliphatic heterocycles. The summed E-state index contributed by atoms with van der Waals surface area (Å²) in [5.74, 6) is 0.866. The molecule has 1 N–H and O–H groups in total. The van der Waals surface area contributed by atoms with Crippen molar-refractivity contribution in [3.05, 3.63) is 35.1 Å². The molecule has 162 valence electrons. The monoisotopic (exact) mass is 434 g/mol.